The van der Waals surface area contributed by atoms with Gasteiger partial charge in [0.05, 0.1) is 29.5 Å². The van der Waals surface area contributed by atoms with Gasteiger partial charge in [-0.25, -0.2) is 26.8 Å². The molecule has 3 heterocycles. The maximum atomic E-state index is 12.7. The van der Waals surface area contributed by atoms with Crippen LogP contribution in [0.25, 0.3) is 33.2 Å². The molecular formula is C27H24N4O6S2. The van der Waals surface area contributed by atoms with Crippen LogP contribution in [-0.4, -0.2) is 39.7 Å². The lowest BCUT2D eigenvalue weighted by Gasteiger charge is -2.13. The van der Waals surface area contributed by atoms with E-state index in [4.69, 9.17) is 14.9 Å². The molecule has 0 radical (unpaired) electrons. The van der Waals surface area contributed by atoms with Crippen molar-refractivity contribution in [2.45, 2.75) is 16.7 Å². The Morgan fingerprint density at radius 2 is 1.67 bits per heavy atom. The second kappa shape index (κ2) is 10.0. The molecule has 0 aliphatic heterocycles. The van der Waals surface area contributed by atoms with Gasteiger partial charge in [-0.05, 0) is 53.6 Å². The van der Waals surface area contributed by atoms with Crippen LogP contribution < -0.4 is 15.2 Å². The molecule has 12 heteroatoms. The number of nitrogens with one attached hydrogen (secondary N) is 1. The third-order valence-corrected chi connectivity index (χ3v) is 9.27. The first-order chi connectivity index (χ1) is 18.6. The number of aromatic nitrogens is 2. The summed E-state index contributed by atoms with van der Waals surface area (Å²) in [5.74, 6) is 0.432. The zero-order valence-electron chi connectivity index (χ0n) is 21.0. The standard InChI is InChI=1S/C27H24N4O6S2/c1-3-38(32,33)21-7-4-17(5-8-21)23-13-19-12-18(6-9-24(19)30-26(23)28)20-14-25(27(36-2)29-15-20)31-39(34,35)22-10-11-37-16-22/h4-16,31H,3H2,1-2H3,(H2,28,30). The number of hydrogen-bond acceptors (Lipinski definition) is 9. The number of benzene rings is 2. The number of nitrogens with two attached hydrogens (primary N) is 1. The van der Waals surface area contributed by atoms with E-state index in [9.17, 15) is 16.8 Å². The predicted octanol–water partition coefficient (Wildman–Crippen LogP) is 4.74. The molecule has 0 saturated heterocycles. The zero-order chi connectivity index (χ0) is 27.8. The van der Waals surface area contributed by atoms with Crippen molar-refractivity contribution in [2.24, 2.45) is 0 Å². The van der Waals surface area contributed by atoms with Crippen molar-refractivity contribution in [1.29, 1.82) is 0 Å². The van der Waals surface area contributed by atoms with Gasteiger partial charge in [0.25, 0.3) is 10.0 Å². The van der Waals surface area contributed by atoms with E-state index < -0.39 is 19.9 Å². The predicted molar refractivity (Wildman–Crippen MR) is 149 cm³/mol. The lowest BCUT2D eigenvalue weighted by atomic mass is 10.0. The molecule has 5 rings (SSSR count). The first kappa shape index (κ1) is 26.2. The van der Waals surface area contributed by atoms with Gasteiger partial charge in [-0.15, -0.1) is 0 Å². The molecule has 200 valence electrons. The zero-order valence-corrected chi connectivity index (χ0v) is 22.6. The van der Waals surface area contributed by atoms with Crippen molar-refractivity contribution in [1.82, 2.24) is 9.97 Å². The van der Waals surface area contributed by atoms with Gasteiger partial charge >= 0.3 is 0 Å². The SMILES string of the molecule is CCS(=O)(=O)c1ccc(-c2cc3cc(-c4cnc(OC)c(NS(=O)(=O)c5ccoc5)c4)ccc3nc2N)cc1. The summed E-state index contributed by atoms with van der Waals surface area (Å²) in [4.78, 5) is 9.01. The van der Waals surface area contributed by atoms with Crippen molar-refractivity contribution in [3.8, 4) is 28.1 Å². The maximum absolute atomic E-state index is 12.7. The number of hydrogen-bond donors (Lipinski definition) is 2. The molecule has 10 nitrogen and oxygen atoms in total. The molecule has 0 unspecified atom stereocenters. The molecular weight excluding hydrogens is 540 g/mol. The van der Waals surface area contributed by atoms with E-state index in [0.29, 0.717) is 22.5 Å². The monoisotopic (exact) mass is 564 g/mol. The van der Waals surface area contributed by atoms with Crippen molar-refractivity contribution in [3.05, 3.63) is 79.4 Å². The molecule has 0 atom stereocenters. The molecule has 0 amide bonds. The molecule has 0 aliphatic rings. The summed E-state index contributed by atoms with van der Waals surface area (Å²) >= 11 is 0. The van der Waals surface area contributed by atoms with Crippen molar-refractivity contribution < 1.29 is 26.0 Å². The molecule has 0 spiro atoms. The Kier molecular flexibility index (Phi) is 6.74. The smallest absolute Gasteiger partial charge is 0.265 e. The topological polar surface area (TPSA) is 154 Å². The number of furan rings is 1. The second-order valence-electron chi connectivity index (χ2n) is 8.60. The Labute approximate surface area is 225 Å². The highest BCUT2D eigenvalue weighted by molar-refractivity contribution is 7.92. The fourth-order valence-electron chi connectivity index (χ4n) is 4.07. The number of sulfone groups is 1. The summed E-state index contributed by atoms with van der Waals surface area (Å²) in [7, 11) is -5.84. The number of fused-ring (bicyclic) bond motifs is 1. The van der Waals surface area contributed by atoms with Crippen LogP contribution in [0.15, 0.2) is 93.6 Å². The van der Waals surface area contributed by atoms with Crippen LogP contribution in [0.1, 0.15) is 6.92 Å². The minimum absolute atomic E-state index is 0.0154. The Morgan fingerprint density at radius 3 is 2.33 bits per heavy atom. The van der Waals surface area contributed by atoms with E-state index in [-0.39, 0.29) is 27.1 Å². The van der Waals surface area contributed by atoms with Crippen molar-refractivity contribution in [2.75, 3.05) is 23.3 Å². The van der Waals surface area contributed by atoms with E-state index >= 15 is 0 Å². The summed E-state index contributed by atoms with van der Waals surface area (Å²) in [5, 5.41) is 0.776. The lowest BCUT2D eigenvalue weighted by molar-refractivity contribution is 0.400. The number of anilines is 2. The Bertz CT molecular complexity index is 1890. The number of methoxy groups -OCH3 is 1. The average molecular weight is 565 g/mol. The first-order valence-corrected chi connectivity index (χ1v) is 14.9. The average Bonchev–Trinajstić information content (AvgIpc) is 3.49. The highest BCUT2D eigenvalue weighted by Crippen LogP contribution is 2.34. The van der Waals surface area contributed by atoms with Crippen LogP contribution in [-0.2, 0) is 19.9 Å². The van der Waals surface area contributed by atoms with E-state index in [1.807, 2.05) is 18.2 Å². The maximum Gasteiger partial charge on any atom is 0.265 e. The molecule has 3 N–H and O–H groups in total. The summed E-state index contributed by atoms with van der Waals surface area (Å²) < 4.78 is 62.5. The molecule has 3 aromatic heterocycles. The number of pyridine rings is 2. The van der Waals surface area contributed by atoms with Gasteiger partial charge in [0.1, 0.15) is 22.7 Å². The summed E-state index contributed by atoms with van der Waals surface area (Å²) in [6.45, 7) is 1.60. The van der Waals surface area contributed by atoms with Crippen LogP contribution in [0, 0.1) is 0 Å². The van der Waals surface area contributed by atoms with Gasteiger partial charge in [-0.2, -0.15) is 0 Å². The molecule has 0 bridgehead atoms. The quantitative estimate of drug-likeness (QED) is 0.272. The van der Waals surface area contributed by atoms with E-state index in [1.54, 1.807) is 49.5 Å². The van der Waals surface area contributed by atoms with Crippen molar-refractivity contribution >= 4 is 42.3 Å². The summed E-state index contributed by atoms with van der Waals surface area (Å²) in [6, 6.07) is 16.9. The van der Waals surface area contributed by atoms with E-state index in [1.165, 1.54) is 19.4 Å². The highest BCUT2D eigenvalue weighted by Gasteiger charge is 2.19. The van der Waals surface area contributed by atoms with E-state index in [0.717, 1.165) is 22.8 Å². The number of rotatable bonds is 8. The fraction of sp³-hybridized carbons (Fsp3) is 0.111. The Hall–Kier alpha value is -4.42. The largest absolute Gasteiger partial charge is 0.480 e. The van der Waals surface area contributed by atoms with Gasteiger partial charge in [0, 0.05) is 22.7 Å². The molecule has 2 aromatic carbocycles. The third-order valence-electron chi connectivity index (χ3n) is 6.18. The normalized spacial score (nSPS) is 11.9. The molecule has 0 saturated carbocycles. The minimum Gasteiger partial charge on any atom is -0.480 e. The first-order valence-electron chi connectivity index (χ1n) is 11.7. The molecule has 0 fully saturated rings. The summed E-state index contributed by atoms with van der Waals surface area (Å²) in [5.41, 5.74) is 9.83. The number of nitrogen functional groups attached to an aromatic ring is 1. The van der Waals surface area contributed by atoms with E-state index in [2.05, 4.69) is 14.7 Å². The Morgan fingerprint density at radius 1 is 0.923 bits per heavy atom. The highest BCUT2D eigenvalue weighted by atomic mass is 32.2. The van der Waals surface area contributed by atoms with Gasteiger partial charge in [-0.1, -0.05) is 25.1 Å². The van der Waals surface area contributed by atoms with Crippen LogP contribution in [0.4, 0.5) is 11.5 Å². The van der Waals surface area contributed by atoms with Gasteiger partial charge < -0.3 is 14.9 Å². The fourth-order valence-corrected chi connectivity index (χ4v) is 5.92. The van der Waals surface area contributed by atoms with Gasteiger partial charge in [0.15, 0.2) is 9.84 Å². The molecule has 39 heavy (non-hydrogen) atoms. The van der Waals surface area contributed by atoms with Crippen LogP contribution >= 0.6 is 0 Å². The molecule has 0 aliphatic carbocycles. The van der Waals surface area contributed by atoms with Gasteiger partial charge in [-0.3, -0.25) is 4.72 Å². The van der Waals surface area contributed by atoms with Crippen LogP contribution in [0.2, 0.25) is 0 Å². The number of nitrogens with zero attached hydrogens (tertiary/aromatic N) is 2. The molecule has 5 aromatic rings. The lowest BCUT2D eigenvalue weighted by Crippen LogP contribution is -2.13. The minimum atomic E-state index is -3.92. The van der Waals surface area contributed by atoms with Crippen LogP contribution in [0.3, 0.4) is 0 Å². The Balaban J connectivity index is 1.53. The second-order valence-corrected chi connectivity index (χ2v) is 12.6. The van der Waals surface area contributed by atoms with Crippen molar-refractivity contribution in [3.63, 3.8) is 0 Å². The number of sulfonamides is 1. The third kappa shape index (κ3) is 5.16. The van der Waals surface area contributed by atoms with Crippen LogP contribution in [0.5, 0.6) is 5.88 Å². The summed E-state index contributed by atoms with van der Waals surface area (Å²) in [6.07, 6.45) is 3.97. The van der Waals surface area contributed by atoms with Gasteiger partial charge in [0.2, 0.25) is 5.88 Å². The number of ether oxygens (including phenoxy) is 1.